The monoisotopic (exact) mass is 427 g/mol. The molecule has 0 fully saturated rings. The third kappa shape index (κ3) is 4.99. The molecule has 2 aromatic heterocycles. The maximum atomic E-state index is 11.9. The van der Waals surface area contributed by atoms with Crippen LogP contribution in [-0.2, 0) is 11.3 Å². The molecule has 0 spiro atoms. The number of carbonyl (C=O) groups excluding carboxylic acids is 1. The fraction of sp³-hybridized carbons (Fsp3) is 0.167. The number of nitrogens with one attached hydrogen (secondary N) is 1. The van der Waals surface area contributed by atoms with E-state index >= 15 is 0 Å². The second-order valence-corrected chi connectivity index (χ2v) is 8.23. The average molecular weight is 428 g/mol. The first-order valence-electron chi connectivity index (χ1n) is 7.66. The first-order chi connectivity index (χ1) is 12.5. The zero-order valence-corrected chi connectivity index (χ0v) is 16.6. The summed E-state index contributed by atoms with van der Waals surface area (Å²) in [5, 5.41) is 17.8. The minimum absolute atomic E-state index is 0.142. The van der Waals surface area contributed by atoms with Crippen molar-refractivity contribution in [3.63, 3.8) is 0 Å². The van der Waals surface area contributed by atoms with Gasteiger partial charge in [-0.05, 0) is 52.7 Å². The van der Waals surface area contributed by atoms with E-state index in [-0.39, 0.29) is 12.5 Å². The van der Waals surface area contributed by atoms with Crippen molar-refractivity contribution in [1.82, 2.24) is 5.32 Å². The minimum Gasteiger partial charge on any atom is -0.482 e. The van der Waals surface area contributed by atoms with Crippen molar-refractivity contribution >= 4 is 51.8 Å². The molecule has 0 saturated carbocycles. The van der Waals surface area contributed by atoms with E-state index in [1.165, 1.54) is 11.3 Å². The summed E-state index contributed by atoms with van der Waals surface area (Å²) < 4.78 is 5.40. The molecule has 1 atom stereocenters. The van der Waals surface area contributed by atoms with Gasteiger partial charge in [0, 0.05) is 14.8 Å². The Labute approximate surface area is 169 Å². The molecular weight excluding hydrogens is 413 g/mol. The molecular formula is C18H15Cl2NO3S2. The lowest BCUT2D eigenvalue weighted by molar-refractivity contribution is -0.123. The van der Waals surface area contributed by atoms with Gasteiger partial charge in [-0.15, -0.1) is 11.3 Å². The third-order valence-electron chi connectivity index (χ3n) is 3.52. The van der Waals surface area contributed by atoms with Gasteiger partial charge in [-0.3, -0.25) is 4.79 Å². The van der Waals surface area contributed by atoms with Crippen LogP contribution in [0, 0.1) is 0 Å². The summed E-state index contributed by atoms with van der Waals surface area (Å²) in [6, 6.07) is 10.5. The Kier molecular flexibility index (Phi) is 6.56. The summed E-state index contributed by atoms with van der Waals surface area (Å²) in [7, 11) is 0. The van der Waals surface area contributed by atoms with E-state index in [9.17, 15) is 9.90 Å². The van der Waals surface area contributed by atoms with E-state index in [2.05, 4.69) is 5.32 Å². The number of hydrogen-bond donors (Lipinski definition) is 2. The van der Waals surface area contributed by atoms with Gasteiger partial charge in [-0.1, -0.05) is 23.2 Å². The van der Waals surface area contributed by atoms with E-state index < -0.39 is 6.10 Å². The van der Waals surface area contributed by atoms with Crippen LogP contribution in [0.5, 0.6) is 5.75 Å². The molecule has 4 nitrogen and oxygen atoms in total. The van der Waals surface area contributed by atoms with Crippen LogP contribution in [0.3, 0.4) is 0 Å². The Balaban J connectivity index is 1.49. The molecule has 0 aliphatic carbocycles. The van der Waals surface area contributed by atoms with Crippen LogP contribution < -0.4 is 10.1 Å². The number of amides is 1. The predicted molar refractivity (Wildman–Crippen MR) is 107 cm³/mol. The van der Waals surface area contributed by atoms with Crippen LogP contribution >= 0.6 is 45.9 Å². The molecule has 0 saturated heterocycles. The van der Waals surface area contributed by atoms with E-state index in [0.29, 0.717) is 22.3 Å². The molecule has 3 aromatic rings. The highest BCUT2D eigenvalue weighted by Gasteiger charge is 2.14. The average Bonchev–Trinajstić information content (AvgIpc) is 3.30. The number of thiophene rings is 2. The Bertz CT molecular complexity index is 880. The number of aliphatic hydroxyl groups is 1. The van der Waals surface area contributed by atoms with Gasteiger partial charge in [0.15, 0.2) is 6.61 Å². The molecule has 0 bridgehead atoms. The van der Waals surface area contributed by atoms with Gasteiger partial charge >= 0.3 is 0 Å². The highest BCUT2D eigenvalue weighted by atomic mass is 35.5. The smallest absolute Gasteiger partial charge is 0.258 e. The third-order valence-corrected chi connectivity index (χ3v) is 5.89. The lowest BCUT2D eigenvalue weighted by Gasteiger charge is -2.08. The van der Waals surface area contributed by atoms with Gasteiger partial charge in [-0.25, -0.2) is 0 Å². The van der Waals surface area contributed by atoms with Crippen LogP contribution in [0.1, 0.15) is 21.4 Å². The number of benzene rings is 1. The second-order valence-electron chi connectivity index (χ2n) is 5.40. The number of ether oxygens (including phenoxy) is 1. The van der Waals surface area contributed by atoms with Crippen LogP contribution in [0.15, 0.2) is 47.2 Å². The molecule has 1 aromatic carbocycles. The Morgan fingerprint density at radius 2 is 2.08 bits per heavy atom. The largest absolute Gasteiger partial charge is 0.482 e. The standard InChI is InChI=1S/C18H15Cl2NO3S2/c19-12-1-3-15(14(20)7-12)24-9-17(22)21-8-13-2-4-16(26-13)18(23)11-5-6-25-10-11/h1-7,10,18,23H,8-9H2,(H,21,22). The normalized spacial score (nSPS) is 12.0. The van der Waals surface area contributed by atoms with E-state index in [4.69, 9.17) is 27.9 Å². The van der Waals surface area contributed by atoms with Crippen LogP contribution in [0.4, 0.5) is 0 Å². The van der Waals surface area contributed by atoms with Crippen molar-refractivity contribution < 1.29 is 14.6 Å². The van der Waals surface area contributed by atoms with Gasteiger partial charge in [-0.2, -0.15) is 11.3 Å². The Hall–Kier alpha value is -1.57. The minimum atomic E-state index is -0.633. The van der Waals surface area contributed by atoms with E-state index in [0.717, 1.165) is 15.3 Å². The molecule has 0 aliphatic rings. The van der Waals surface area contributed by atoms with Crippen LogP contribution in [0.2, 0.25) is 10.0 Å². The van der Waals surface area contributed by atoms with Crippen LogP contribution in [0.25, 0.3) is 0 Å². The lowest BCUT2D eigenvalue weighted by Crippen LogP contribution is -2.28. The zero-order chi connectivity index (χ0) is 18.5. The van der Waals surface area contributed by atoms with Crippen molar-refractivity contribution in [2.75, 3.05) is 6.61 Å². The first-order valence-corrected chi connectivity index (χ1v) is 10.2. The van der Waals surface area contributed by atoms with Crippen LogP contribution in [-0.4, -0.2) is 17.6 Å². The summed E-state index contributed by atoms with van der Waals surface area (Å²) in [6.07, 6.45) is -0.633. The number of halogens is 2. The Morgan fingerprint density at radius 1 is 1.23 bits per heavy atom. The molecule has 2 N–H and O–H groups in total. The highest BCUT2D eigenvalue weighted by molar-refractivity contribution is 7.12. The number of hydrogen-bond acceptors (Lipinski definition) is 5. The summed E-state index contributed by atoms with van der Waals surface area (Å²) in [4.78, 5) is 13.7. The maximum absolute atomic E-state index is 11.9. The molecule has 1 unspecified atom stereocenters. The van der Waals surface area contributed by atoms with Crippen molar-refractivity contribution in [2.24, 2.45) is 0 Å². The maximum Gasteiger partial charge on any atom is 0.258 e. The highest BCUT2D eigenvalue weighted by Crippen LogP contribution is 2.30. The van der Waals surface area contributed by atoms with Crippen molar-refractivity contribution in [2.45, 2.75) is 12.6 Å². The SMILES string of the molecule is O=C(COc1ccc(Cl)cc1Cl)NCc1ccc(C(O)c2ccsc2)s1. The number of carbonyl (C=O) groups is 1. The number of aliphatic hydroxyl groups excluding tert-OH is 1. The predicted octanol–water partition coefficient (Wildman–Crippen LogP) is 4.89. The molecule has 26 heavy (non-hydrogen) atoms. The quantitative estimate of drug-likeness (QED) is 0.563. The summed E-state index contributed by atoms with van der Waals surface area (Å²) >= 11 is 14.8. The zero-order valence-electron chi connectivity index (χ0n) is 13.4. The fourth-order valence-corrected chi connectivity index (χ4v) is 4.31. The van der Waals surface area contributed by atoms with Gasteiger partial charge in [0.2, 0.25) is 0 Å². The molecule has 136 valence electrons. The molecule has 1 amide bonds. The van der Waals surface area contributed by atoms with E-state index in [1.807, 2.05) is 29.0 Å². The summed E-state index contributed by atoms with van der Waals surface area (Å²) in [5.41, 5.74) is 0.876. The van der Waals surface area contributed by atoms with Crippen molar-refractivity contribution in [3.8, 4) is 5.75 Å². The van der Waals surface area contributed by atoms with Gasteiger partial charge in [0.25, 0.3) is 5.91 Å². The molecule has 3 rings (SSSR count). The van der Waals surface area contributed by atoms with Crippen molar-refractivity contribution in [3.05, 3.63) is 72.5 Å². The topological polar surface area (TPSA) is 58.6 Å². The summed E-state index contributed by atoms with van der Waals surface area (Å²) in [6.45, 7) is 0.231. The first kappa shape index (κ1) is 19.2. The van der Waals surface area contributed by atoms with Gasteiger partial charge in [0.1, 0.15) is 11.9 Å². The molecule has 8 heteroatoms. The van der Waals surface area contributed by atoms with Gasteiger partial charge < -0.3 is 15.2 Å². The van der Waals surface area contributed by atoms with Gasteiger partial charge in [0.05, 0.1) is 11.6 Å². The molecule has 0 radical (unpaired) electrons. The summed E-state index contributed by atoms with van der Waals surface area (Å²) in [5.74, 6) is 0.146. The Morgan fingerprint density at radius 3 is 2.81 bits per heavy atom. The lowest BCUT2D eigenvalue weighted by atomic mass is 10.2. The molecule has 0 aliphatic heterocycles. The van der Waals surface area contributed by atoms with Crippen molar-refractivity contribution in [1.29, 1.82) is 0 Å². The number of rotatable bonds is 7. The molecule has 2 heterocycles. The fourth-order valence-electron chi connectivity index (χ4n) is 2.20. The second kappa shape index (κ2) is 8.88. The van der Waals surface area contributed by atoms with E-state index in [1.54, 1.807) is 29.5 Å².